The molecule has 5 N–H and O–H groups in total. The maximum Gasteiger partial charge on any atom is 0.323 e. The molecule has 0 bridgehead atoms. The number of urea groups is 1. The second-order valence-corrected chi connectivity index (χ2v) is 9.24. The maximum atomic E-state index is 12.5. The van der Waals surface area contributed by atoms with Crippen LogP contribution in [0.25, 0.3) is 22.2 Å². The number of nitrogens with one attached hydrogen (secondary N) is 3. The summed E-state index contributed by atoms with van der Waals surface area (Å²) in [6, 6.07) is 17.4. The molecule has 2 amide bonds. The molecule has 0 spiro atoms. The Hall–Kier alpha value is -3.87. The smallest absolute Gasteiger partial charge is 0.323 e. The van der Waals surface area contributed by atoms with Gasteiger partial charge in [-0.05, 0) is 53.4 Å². The minimum atomic E-state index is -0.281. The quantitative estimate of drug-likeness (QED) is 0.299. The summed E-state index contributed by atoms with van der Waals surface area (Å²) >= 11 is 0. The van der Waals surface area contributed by atoms with Gasteiger partial charge < -0.3 is 16.4 Å². The van der Waals surface area contributed by atoms with Crippen LogP contribution in [-0.2, 0) is 11.8 Å². The van der Waals surface area contributed by atoms with Crippen LogP contribution >= 0.6 is 0 Å². The topological polar surface area (TPSA) is 109 Å². The van der Waals surface area contributed by atoms with Crippen LogP contribution in [0.5, 0.6) is 0 Å². The molecule has 0 atom stereocenters. The number of benzene rings is 2. The van der Waals surface area contributed by atoms with Crippen LogP contribution in [0.4, 0.5) is 22.0 Å². The maximum absolute atomic E-state index is 12.5. The molecule has 2 aromatic carbocycles. The van der Waals surface area contributed by atoms with E-state index >= 15 is 0 Å². The fourth-order valence-electron chi connectivity index (χ4n) is 3.79. The Morgan fingerprint density at radius 2 is 1.76 bits per heavy atom. The third-order valence-corrected chi connectivity index (χ3v) is 5.50. The minimum Gasteiger partial charge on any atom is -0.382 e. The molecule has 0 aliphatic rings. The predicted molar refractivity (Wildman–Crippen MR) is 136 cm³/mol. The Kier molecular flexibility index (Phi) is 6.05. The summed E-state index contributed by atoms with van der Waals surface area (Å²) in [6.07, 6.45) is 2.05. The van der Waals surface area contributed by atoms with Gasteiger partial charge in [0, 0.05) is 22.5 Å². The second-order valence-electron chi connectivity index (χ2n) is 9.24. The first-order chi connectivity index (χ1) is 15.7. The van der Waals surface area contributed by atoms with Gasteiger partial charge in [0.2, 0.25) is 0 Å². The Balaban J connectivity index is 1.55. The highest BCUT2D eigenvalue weighted by Crippen LogP contribution is 2.34. The average molecular weight is 443 g/mol. The first-order valence-electron chi connectivity index (χ1n) is 11.2. The van der Waals surface area contributed by atoms with Gasteiger partial charge in [-0.1, -0.05) is 58.4 Å². The minimum absolute atomic E-state index is 0.128. The van der Waals surface area contributed by atoms with Crippen molar-refractivity contribution >= 4 is 34.3 Å². The number of nitrogens with two attached hydrogens (primary N) is 1. The third kappa shape index (κ3) is 4.98. The van der Waals surface area contributed by atoms with Crippen molar-refractivity contribution in [3.8, 4) is 11.1 Å². The number of pyridine rings is 1. The first-order valence-corrected chi connectivity index (χ1v) is 11.2. The van der Waals surface area contributed by atoms with Crippen LogP contribution < -0.4 is 16.4 Å². The molecule has 2 heterocycles. The van der Waals surface area contributed by atoms with E-state index in [-0.39, 0.29) is 11.4 Å². The number of aryl methyl sites for hydroxylation is 1. The second kappa shape index (κ2) is 8.94. The monoisotopic (exact) mass is 442 g/mol. The van der Waals surface area contributed by atoms with Gasteiger partial charge in [-0.2, -0.15) is 5.10 Å². The number of anilines is 3. The standard InChI is InChI=1S/C26H30N6O/c1-5-7-16-8-6-9-19(14-16)29-25(33)28-18-12-10-17(11-13-18)20-15-21(26(2,3)4)30-24-22(20)23(27)31-32-24/h6,8-15H,5,7H2,1-4H3,(H2,28,29,33)(H3,27,30,31,32). The fraction of sp³-hybridized carbons (Fsp3) is 0.269. The number of aromatic amines is 1. The van der Waals surface area contributed by atoms with Crippen LogP contribution in [0.15, 0.2) is 54.6 Å². The number of carbonyl (C=O) groups excluding carboxylic acids is 1. The third-order valence-electron chi connectivity index (χ3n) is 5.50. The zero-order valence-corrected chi connectivity index (χ0v) is 19.5. The van der Waals surface area contributed by atoms with Crippen molar-refractivity contribution in [1.82, 2.24) is 15.2 Å². The molecule has 4 aromatic rings. The summed E-state index contributed by atoms with van der Waals surface area (Å²) in [5, 5.41) is 13.7. The number of nitrogen functional groups attached to an aromatic ring is 1. The summed E-state index contributed by atoms with van der Waals surface area (Å²) in [7, 11) is 0. The van der Waals surface area contributed by atoms with Crippen molar-refractivity contribution in [1.29, 1.82) is 0 Å². The van der Waals surface area contributed by atoms with E-state index in [1.54, 1.807) is 0 Å². The zero-order chi connectivity index (χ0) is 23.6. The summed E-state index contributed by atoms with van der Waals surface area (Å²) in [4.78, 5) is 17.2. The van der Waals surface area contributed by atoms with Gasteiger partial charge >= 0.3 is 6.03 Å². The number of hydrogen-bond acceptors (Lipinski definition) is 4. The molecule has 7 nitrogen and oxygen atoms in total. The van der Waals surface area contributed by atoms with Crippen molar-refractivity contribution < 1.29 is 4.79 Å². The SMILES string of the molecule is CCCc1cccc(NC(=O)Nc2ccc(-c3cc(C(C)(C)C)nc4[nH]nc(N)c34)cc2)c1. The summed E-state index contributed by atoms with van der Waals surface area (Å²) in [6.45, 7) is 8.50. The number of aromatic nitrogens is 3. The molecule has 2 aromatic heterocycles. The lowest BCUT2D eigenvalue weighted by Gasteiger charge is -2.19. The van der Waals surface area contributed by atoms with E-state index in [1.807, 2.05) is 42.5 Å². The van der Waals surface area contributed by atoms with Crippen molar-refractivity contribution in [2.45, 2.75) is 46.0 Å². The summed E-state index contributed by atoms with van der Waals surface area (Å²) in [5.74, 6) is 0.417. The van der Waals surface area contributed by atoms with Crippen molar-refractivity contribution in [2.24, 2.45) is 0 Å². The van der Waals surface area contributed by atoms with E-state index in [4.69, 9.17) is 10.7 Å². The van der Waals surface area contributed by atoms with Crippen molar-refractivity contribution in [3.63, 3.8) is 0 Å². The molecular weight excluding hydrogens is 412 g/mol. The average Bonchev–Trinajstić information content (AvgIpc) is 3.14. The van der Waals surface area contributed by atoms with Gasteiger partial charge in [-0.3, -0.25) is 5.10 Å². The van der Waals surface area contributed by atoms with Crippen LogP contribution in [0.1, 0.15) is 45.4 Å². The van der Waals surface area contributed by atoms with Gasteiger partial charge in [0.05, 0.1) is 5.39 Å². The molecule has 0 unspecified atom stereocenters. The molecule has 0 aliphatic carbocycles. The number of H-pyrrole nitrogens is 1. The van der Waals surface area contributed by atoms with Gasteiger partial charge in [-0.15, -0.1) is 0 Å². The van der Waals surface area contributed by atoms with Gasteiger partial charge in [0.1, 0.15) is 0 Å². The Morgan fingerprint density at radius 1 is 1.03 bits per heavy atom. The summed E-state index contributed by atoms with van der Waals surface area (Å²) < 4.78 is 0. The van der Waals surface area contributed by atoms with Crippen LogP contribution in [-0.4, -0.2) is 21.2 Å². The molecule has 0 fully saturated rings. The highest BCUT2D eigenvalue weighted by molar-refractivity contribution is 6.01. The van der Waals surface area contributed by atoms with E-state index in [2.05, 4.69) is 60.7 Å². The molecule has 0 saturated carbocycles. The highest BCUT2D eigenvalue weighted by Gasteiger charge is 2.21. The van der Waals surface area contributed by atoms with Crippen LogP contribution in [0.3, 0.4) is 0 Å². The molecule has 0 radical (unpaired) electrons. The molecule has 0 aliphatic heterocycles. The van der Waals surface area contributed by atoms with E-state index in [1.165, 1.54) is 5.56 Å². The molecule has 4 rings (SSSR count). The molecule has 170 valence electrons. The largest absolute Gasteiger partial charge is 0.382 e. The van der Waals surface area contributed by atoms with Gasteiger partial charge in [-0.25, -0.2) is 9.78 Å². The highest BCUT2D eigenvalue weighted by atomic mass is 16.2. The number of fused-ring (bicyclic) bond motifs is 1. The van der Waals surface area contributed by atoms with E-state index in [0.29, 0.717) is 17.2 Å². The Morgan fingerprint density at radius 3 is 2.45 bits per heavy atom. The van der Waals surface area contributed by atoms with E-state index < -0.39 is 0 Å². The van der Waals surface area contributed by atoms with Gasteiger partial charge in [0.15, 0.2) is 11.5 Å². The zero-order valence-electron chi connectivity index (χ0n) is 19.5. The first kappa shape index (κ1) is 22.3. The molecule has 7 heteroatoms. The lowest BCUT2D eigenvalue weighted by molar-refractivity contribution is 0.262. The number of rotatable bonds is 5. The number of amides is 2. The fourth-order valence-corrected chi connectivity index (χ4v) is 3.79. The van der Waals surface area contributed by atoms with Crippen LogP contribution in [0.2, 0.25) is 0 Å². The lowest BCUT2D eigenvalue weighted by atomic mass is 9.89. The number of hydrogen-bond donors (Lipinski definition) is 4. The van der Waals surface area contributed by atoms with E-state index in [0.717, 1.165) is 40.7 Å². The molecular formula is C26H30N6O. The number of carbonyl (C=O) groups is 1. The summed E-state index contributed by atoms with van der Waals surface area (Å²) in [5.41, 5.74) is 12.2. The van der Waals surface area contributed by atoms with Crippen molar-refractivity contribution in [2.75, 3.05) is 16.4 Å². The van der Waals surface area contributed by atoms with Gasteiger partial charge in [0.25, 0.3) is 0 Å². The molecule has 0 saturated heterocycles. The van der Waals surface area contributed by atoms with Crippen LogP contribution in [0, 0.1) is 0 Å². The number of nitrogens with zero attached hydrogens (tertiary/aromatic N) is 2. The normalized spacial score (nSPS) is 11.5. The van der Waals surface area contributed by atoms with E-state index in [9.17, 15) is 4.79 Å². The van der Waals surface area contributed by atoms with Crippen molar-refractivity contribution in [3.05, 3.63) is 65.9 Å². The lowest BCUT2D eigenvalue weighted by Crippen LogP contribution is -2.19. The predicted octanol–water partition coefficient (Wildman–Crippen LogP) is 6.10. The Labute approximate surface area is 193 Å². The molecule has 33 heavy (non-hydrogen) atoms. The Bertz CT molecular complexity index is 1280.